The predicted molar refractivity (Wildman–Crippen MR) is 83.3 cm³/mol. The number of aromatic nitrogens is 4. The Balaban J connectivity index is 1.55. The van der Waals surface area contributed by atoms with Crippen LogP contribution in [0.5, 0.6) is 0 Å². The third-order valence-corrected chi connectivity index (χ3v) is 4.49. The molecule has 0 unspecified atom stereocenters. The molecule has 2 aromatic heterocycles. The highest BCUT2D eigenvalue weighted by atomic mass is 19.4. The fourth-order valence-electron chi connectivity index (χ4n) is 3.19. The standard InChI is InChI=1S/C16H14F3N5O2/c1-23-11-5-3-2-4-10(11)12(21-23)14(25)24-7-6-9(8-24)13-20-15(26-22-13)16(17,18)19/h2-5,9H,6-8H2,1H3/t9-/m1/s1. The lowest BCUT2D eigenvalue weighted by molar-refractivity contribution is -0.159. The summed E-state index contributed by atoms with van der Waals surface area (Å²) in [5, 5.41) is 8.46. The lowest BCUT2D eigenvalue weighted by atomic mass is 10.1. The minimum absolute atomic E-state index is 0.0292. The molecular formula is C16H14F3N5O2. The zero-order valence-electron chi connectivity index (χ0n) is 13.7. The Kier molecular flexibility index (Phi) is 3.70. The number of hydrogen-bond acceptors (Lipinski definition) is 5. The fourth-order valence-corrected chi connectivity index (χ4v) is 3.19. The van der Waals surface area contributed by atoms with E-state index in [-0.39, 0.29) is 18.3 Å². The van der Waals surface area contributed by atoms with Crippen LogP contribution < -0.4 is 0 Å². The molecule has 1 aliphatic heterocycles. The molecule has 1 aliphatic rings. The minimum atomic E-state index is -4.67. The van der Waals surface area contributed by atoms with Gasteiger partial charge in [0.1, 0.15) is 0 Å². The molecule has 10 heteroatoms. The van der Waals surface area contributed by atoms with E-state index in [0.717, 1.165) is 10.9 Å². The van der Waals surface area contributed by atoms with Gasteiger partial charge in [-0.15, -0.1) is 0 Å². The molecule has 7 nitrogen and oxygen atoms in total. The van der Waals surface area contributed by atoms with E-state index in [1.165, 1.54) is 0 Å². The maximum absolute atomic E-state index is 12.8. The number of fused-ring (bicyclic) bond motifs is 1. The number of carbonyl (C=O) groups excluding carboxylic acids is 1. The normalized spacial score (nSPS) is 18.0. The molecule has 0 spiro atoms. The van der Waals surface area contributed by atoms with Crippen molar-refractivity contribution in [3.63, 3.8) is 0 Å². The Bertz CT molecular complexity index is 978. The largest absolute Gasteiger partial charge is 0.471 e. The minimum Gasteiger partial charge on any atom is -0.336 e. The summed E-state index contributed by atoms with van der Waals surface area (Å²) >= 11 is 0. The Morgan fingerprint density at radius 2 is 2.08 bits per heavy atom. The van der Waals surface area contributed by atoms with Crippen LogP contribution in [-0.2, 0) is 13.2 Å². The zero-order chi connectivity index (χ0) is 18.5. The molecule has 1 fully saturated rings. The van der Waals surface area contributed by atoms with Crippen LogP contribution in [0.3, 0.4) is 0 Å². The highest BCUT2D eigenvalue weighted by molar-refractivity contribution is 6.04. The van der Waals surface area contributed by atoms with Crippen molar-refractivity contribution in [2.75, 3.05) is 13.1 Å². The van der Waals surface area contributed by atoms with Crippen molar-refractivity contribution < 1.29 is 22.5 Å². The Labute approximate surface area is 145 Å². The molecular weight excluding hydrogens is 351 g/mol. The molecule has 1 atom stereocenters. The van der Waals surface area contributed by atoms with Crippen molar-refractivity contribution in [2.24, 2.45) is 7.05 Å². The molecule has 1 aromatic carbocycles. The maximum atomic E-state index is 12.8. The lowest BCUT2D eigenvalue weighted by Crippen LogP contribution is -2.29. The van der Waals surface area contributed by atoms with Crippen LogP contribution in [0.1, 0.15) is 34.5 Å². The number of likely N-dealkylation sites (tertiary alicyclic amines) is 1. The van der Waals surface area contributed by atoms with Gasteiger partial charge >= 0.3 is 12.1 Å². The first-order valence-electron chi connectivity index (χ1n) is 7.96. The quantitative estimate of drug-likeness (QED) is 0.698. The van der Waals surface area contributed by atoms with Crippen LogP contribution in [0.15, 0.2) is 28.8 Å². The molecule has 4 rings (SSSR count). The number of aryl methyl sites for hydroxylation is 1. The zero-order valence-corrected chi connectivity index (χ0v) is 13.7. The number of nitrogens with zero attached hydrogens (tertiary/aromatic N) is 5. The topological polar surface area (TPSA) is 77.0 Å². The van der Waals surface area contributed by atoms with E-state index in [2.05, 4.69) is 19.8 Å². The summed E-state index contributed by atoms with van der Waals surface area (Å²) in [6.07, 6.45) is -4.21. The molecule has 0 N–H and O–H groups in total. The van der Waals surface area contributed by atoms with Crippen LogP contribution in [0.4, 0.5) is 13.2 Å². The second kappa shape index (κ2) is 5.82. The van der Waals surface area contributed by atoms with Gasteiger partial charge in [0.15, 0.2) is 11.5 Å². The van der Waals surface area contributed by atoms with Gasteiger partial charge in [-0.1, -0.05) is 23.4 Å². The van der Waals surface area contributed by atoms with Gasteiger partial charge in [-0.25, -0.2) is 0 Å². The van der Waals surface area contributed by atoms with Gasteiger partial charge in [0.05, 0.1) is 5.52 Å². The highest BCUT2D eigenvalue weighted by Crippen LogP contribution is 2.32. The number of rotatable bonds is 2. The van der Waals surface area contributed by atoms with Crippen molar-refractivity contribution >= 4 is 16.8 Å². The van der Waals surface area contributed by atoms with Crippen molar-refractivity contribution in [3.05, 3.63) is 41.7 Å². The lowest BCUT2D eigenvalue weighted by Gasteiger charge is -2.14. The van der Waals surface area contributed by atoms with E-state index in [1.807, 2.05) is 24.3 Å². The van der Waals surface area contributed by atoms with E-state index < -0.39 is 18.0 Å². The predicted octanol–water partition coefficient (Wildman–Crippen LogP) is 2.60. The Morgan fingerprint density at radius 1 is 1.31 bits per heavy atom. The Hall–Kier alpha value is -2.91. The summed E-state index contributed by atoms with van der Waals surface area (Å²) in [5.74, 6) is -2.05. The van der Waals surface area contributed by atoms with Gasteiger partial charge < -0.3 is 9.42 Å². The average molecular weight is 365 g/mol. The highest BCUT2D eigenvalue weighted by Gasteiger charge is 2.40. The molecule has 26 heavy (non-hydrogen) atoms. The number of hydrogen-bond donors (Lipinski definition) is 0. The average Bonchev–Trinajstić information content (AvgIpc) is 3.32. The van der Waals surface area contributed by atoms with Crippen molar-refractivity contribution in [1.82, 2.24) is 24.8 Å². The van der Waals surface area contributed by atoms with Crippen LogP contribution in [0.2, 0.25) is 0 Å². The molecule has 136 valence electrons. The van der Waals surface area contributed by atoms with E-state index in [0.29, 0.717) is 18.7 Å². The SMILES string of the molecule is Cn1nc(C(=O)N2CC[C@@H](c3noc(C(F)(F)F)n3)C2)c2ccccc21. The molecule has 1 saturated heterocycles. The van der Waals surface area contributed by atoms with Crippen LogP contribution in [0.25, 0.3) is 10.9 Å². The molecule has 3 heterocycles. The first-order chi connectivity index (χ1) is 12.3. The van der Waals surface area contributed by atoms with E-state index in [4.69, 9.17) is 0 Å². The fraction of sp³-hybridized carbons (Fsp3) is 0.375. The molecule has 3 aromatic rings. The van der Waals surface area contributed by atoms with Crippen molar-refractivity contribution in [2.45, 2.75) is 18.5 Å². The molecule has 0 saturated carbocycles. The monoisotopic (exact) mass is 365 g/mol. The van der Waals surface area contributed by atoms with Crippen LogP contribution >= 0.6 is 0 Å². The summed E-state index contributed by atoms with van der Waals surface area (Å²) in [4.78, 5) is 17.8. The first kappa shape index (κ1) is 16.6. The Morgan fingerprint density at radius 3 is 2.81 bits per heavy atom. The summed E-state index contributed by atoms with van der Waals surface area (Å²) < 4.78 is 43.7. The molecule has 1 amide bonds. The maximum Gasteiger partial charge on any atom is 0.471 e. The van der Waals surface area contributed by atoms with Gasteiger partial charge in [-0.3, -0.25) is 9.48 Å². The van der Waals surface area contributed by atoms with Gasteiger partial charge in [0, 0.05) is 31.4 Å². The second-order valence-corrected chi connectivity index (χ2v) is 6.18. The number of halogens is 3. The van der Waals surface area contributed by atoms with E-state index in [1.54, 1.807) is 16.6 Å². The van der Waals surface area contributed by atoms with Gasteiger partial charge in [0.25, 0.3) is 5.91 Å². The summed E-state index contributed by atoms with van der Waals surface area (Å²) in [5.41, 5.74) is 1.16. The van der Waals surface area contributed by atoms with Crippen molar-refractivity contribution in [3.8, 4) is 0 Å². The first-order valence-corrected chi connectivity index (χ1v) is 7.96. The number of amides is 1. The summed E-state index contributed by atoms with van der Waals surface area (Å²) in [6.45, 7) is 0.616. The van der Waals surface area contributed by atoms with Crippen molar-refractivity contribution in [1.29, 1.82) is 0 Å². The van der Waals surface area contributed by atoms with Crippen LogP contribution in [0, 0.1) is 0 Å². The van der Waals surface area contributed by atoms with E-state index in [9.17, 15) is 18.0 Å². The third-order valence-electron chi connectivity index (χ3n) is 4.49. The van der Waals surface area contributed by atoms with Gasteiger partial charge in [0.2, 0.25) is 0 Å². The van der Waals surface area contributed by atoms with Gasteiger partial charge in [-0.2, -0.15) is 23.3 Å². The summed E-state index contributed by atoms with van der Waals surface area (Å²) in [7, 11) is 1.75. The van der Waals surface area contributed by atoms with Gasteiger partial charge in [-0.05, 0) is 12.5 Å². The summed E-state index contributed by atoms with van der Waals surface area (Å²) in [6, 6.07) is 7.37. The number of carbonyl (C=O) groups is 1. The van der Waals surface area contributed by atoms with E-state index >= 15 is 0 Å². The molecule has 0 bridgehead atoms. The molecule has 0 aliphatic carbocycles. The number of alkyl halides is 3. The second-order valence-electron chi connectivity index (χ2n) is 6.18. The van der Waals surface area contributed by atoms with Crippen LogP contribution in [-0.4, -0.2) is 43.8 Å². The number of para-hydroxylation sites is 1. The number of benzene rings is 1. The molecule has 0 radical (unpaired) electrons. The smallest absolute Gasteiger partial charge is 0.336 e. The third kappa shape index (κ3) is 2.71.